The van der Waals surface area contributed by atoms with Gasteiger partial charge >= 0.3 is 0 Å². The third kappa shape index (κ3) is 3.12. The number of hydrogen-bond acceptors (Lipinski definition) is 3. The number of rotatable bonds is 4. The number of benzene rings is 2. The van der Waals surface area contributed by atoms with Crippen LogP contribution in [0, 0.1) is 0 Å². The zero-order valence-corrected chi connectivity index (χ0v) is 12.6. The highest BCUT2D eigenvalue weighted by Gasteiger charge is 2.24. The van der Waals surface area contributed by atoms with Gasteiger partial charge in [0.1, 0.15) is 5.75 Å². The Bertz CT molecular complexity index is 670. The molecule has 3 rings (SSSR count). The van der Waals surface area contributed by atoms with Crippen LogP contribution in [0.4, 0.5) is 5.69 Å². The fraction of sp³-hybridized carbons (Fsp3) is 0.278. The van der Waals surface area contributed by atoms with E-state index >= 15 is 0 Å². The molecule has 2 aromatic rings. The average Bonchev–Trinajstić information content (AvgIpc) is 2.56. The van der Waals surface area contributed by atoms with E-state index in [9.17, 15) is 4.79 Å². The molecule has 1 aliphatic heterocycles. The van der Waals surface area contributed by atoms with Gasteiger partial charge < -0.3 is 15.4 Å². The highest BCUT2D eigenvalue weighted by molar-refractivity contribution is 5.96. The predicted molar refractivity (Wildman–Crippen MR) is 87.0 cm³/mol. The van der Waals surface area contributed by atoms with Crippen LogP contribution < -0.4 is 15.4 Å². The van der Waals surface area contributed by atoms with Crippen molar-refractivity contribution in [1.82, 2.24) is 5.32 Å². The molecule has 0 radical (unpaired) electrons. The number of para-hydroxylation sites is 2. The maximum Gasteiger partial charge on any atom is 0.241 e. The van der Waals surface area contributed by atoms with Gasteiger partial charge in [-0.2, -0.15) is 0 Å². The maximum absolute atomic E-state index is 12.5. The third-order valence-electron chi connectivity index (χ3n) is 3.84. The van der Waals surface area contributed by atoms with Crippen LogP contribution in [0.1, 0.15) is 18.1 Å². The van der Waals surface area contributed by atoms with Crippen molar-refractivity contribution in [2.45, 2.75) is 25.9 Å². The maximum atomic E-state index is 12.5. The van der Waals surface area contributed by atoms with Crippen LogP contribution in [0.2, 0.25) is 0 Å². The Kier molecular flexibility index (Phi) is 4.39. The number of nitrogens with one attached hydrogen (secondary N) is 2. The molecule has 22 heavy (non-hydrogen) atoms. The SMILES string of the molecule is CCOc1ccccc1NC(=O)C1Cc2ccccc2CN1. The van der Waals surface area contributed by atoms with E-state index in [4.69, 9.17) is 4.74 Å². The Morgan fingerprint density at radius 2 is 1.91 bits per heavy atom. The first kappa shape index (κ1) is 14.6. The van der Waals surface area contributed by atoms with Gasteiger partial charge in [0.05, 0.1) is 18.3 Å². The first-order valence-corrected chi connectivity index (χ1v) is 7.60. The van der Waals surface area contributed by atoms with Crippen molar-refractivity contribution in [3.8, 4) is 5.75 Å². The molecule has 4 heteroatoms. The van der Waals surface area contributed by atoms with Crippen LogP contribution in [0.25, 0.3) is 0 Å². The molecule has 2 aromatic carbocycles. The summed E-state index contributed by atoms with van der Waals surface area (Å²) in [5, 5.41) is 6.26. The molecular weight excluding hydrogens is 276 g/mol. The molecule has 0 spiro atoms. The molecular formula is C18H20N2O2. The van der Waals surface area contributed by atoms with Crippen molar-refractivity contribution in [3.05, 3.63) is 59.7 Å². The van der Waals surface area contributed by atoms with Gasteiger partial charge in [-0.3, -0.25) is 4.79 Å². The fourth-order valence-electron chi connectivity index (χ4n) is 2.71. The van der Waals surface area contributed by atoms with Crippen LogP contribution in [-0.2, 0) is 17.8 Å². The summed E-state index contributed by atoms with van der Waals surface area (Å²) in [7, 11) is 0. The lowest BCUT2D eigenvalue weighted by atomic mass is 9.95. The number of carbonyl (C=O) groups is 1. The number of amides is 1. The van der Waals surface area contributed by atoms with Crippen molar-refractivity contribution in [2.75, 3.05) is 11.9 Å². The quantitative estimate of drug-likeness (QED) is 0.912. The topological polar surface area (TPSA) is 50.4 Å². The third-order valence-corrected chi connectivity index (χ3v) is 3.84. The second kappa shape index (κ2) is 6.62. The van der Waals surface area contributed by atoms with Crippen LogP contribution in [0.3, 0.4) is 0 Å². The minimum absolute atomic E-state index is 0.0262. The minimum Gasteiger partial charge on any atom is -0.492 e. The van der Waals surface area contributed by atoms with E-state index in [-0.39, 0.29) is 11.9 Å². The van der Waals surface area contributed by atoms with Crippen LogP contribution in [0.15, 0.2) is 48.5 Å². The second-order valence-corrected chi connectivity index (χ2v) is 5.32. The monoisotopic (exact) mass is 296 g/mol. The standard InChI is InChI=1S/C18H20N2O2/c1-2-22-17-10-6-5-9-15(17)20-18(21)16-11-13-7-3-4-8-14(13)12-19-16/h3-10,16,19H,2,11-12H2,1H3,(H,20,21). The van der Waals surface area contributed by atoms with Crippen molar-refractivity contribution in [2.24, 2.45) is 0 Å². The summed E-state index contributed by atoms with van der Waals surface area (Å²) in [6.07, 6.45) is 0.707. The smallest absolute Gasteiger partial charge is 0.241 e. The fourth-order valence-corrected chi connectivity index (χ4v) is 2.71. The Morgan fingerprint density at radius 1 is 1.18 bits per heavy atom. The Labute approximate surface area is 130 Å². The zero-order chi connectivity index (χ0) is 15.4. The van der Waals surface area contributed by atoms with E-state index in [1.54, 1.807) is 0 Å². The van der Waals surface area contributed by atoms with Gasteiger partial charge in [-0.1, -0.05) is 36.4 Å². The first-order chi connectivity index (χ1) is 10.8. The number of carbonyl (C=O) groups excluding carboxylic acids is 1. The van der Waals surface area contributed by atoms with E-state index in [1.807, 2.05) is 43.3 Å². The van der Waals surface area contributed by atoms with Gasteiger partial charge in [0, 0.05) is 6.54 Å². The lowest BCUT2D eigenvalue weighted by Crippen LogP contribution is -2.44. The molecule has 2 N–H and O–H groups in total. The summed E-state index contributed by atoms with van der Waals surface area (Å²) in [5.41, 5.74) is 3.22. The second-order valence-electron chi connectivity index (χ2n) is 5.32. The summed E-state index contributed by atoms with van der Waals surface area (Å²) in [5.74, 6) is 0.677. The number of hydrogen-bond donors (Lipinski definition) is 2. The van der Waals surface area contributed by atoms with Gasteiger partial charge in [-0.15, -0.1) is 0 Å². The molecule has 0 fully saturated rings. The summed E-state index contributed by atoms with van der Waals surface area (Å²) in [6, 6.07) is 15.5. The largest absolute Gasteiger partial charge is 0.492 e. The Balaban J connectivity index is 1.71. The zero-order valence-electron chi connectivity index (χ0n) is 12.6. The van der Waals surface area contributed by atoms with E-state index in [2.05, 4.69) is 22.8 Å². The molecule has 0 saturated heterocycles. The summed E-state index contributed by atoms with van der Waals surface area (Å²) < 4.78 is 5.55. The van der Waals surface area contributed by atoms with Crippen molar-refractivity contribution in [3.63, 3.8) is 0 Å². The molecule has 1 atom stereocenters. The van der Waals surface area contributed by atoms with Gasteiger partial charge in [0.15, 0.2) is 0 Å². The summed E-state index contributed by atoms with van der Waals surface area (Å²) >= 11 is 0. The van der Waals surface area contributed by atoms with Crippen LogP contribution in [-0.4, -0.2) is 18.6 Å². The highest BCUT2D eigenvalue weighted by atomic mass is 16.5. The lowest BCUT2D eigenvalue weighted by Gasteiger charge is -2.25. The minimum atomic E-state index is -0.218. The van der Waals surface area contributed by atoms with Gasteiger partial charge in [0.2, 0.25) is 5.91 Å². The molecule has 1 amide bonds. The molecule has 4 nitrogen and oxygen atoms in total. The lowest BCUT2D eigenvalue weighted by molar-refractivity contribution is -0.118. The van der Waals surface area contributed by atoms with Gasteiger partial charge in [-0.25, -0.2) is 0 Å². The molecule has 1 unspecified atom stereocenters. The summed E-state index contributed by atoms with van der Waals surface area (Å²) in [6.45, 7) is 3.22. The first-order valence-electron chi connectivity index (χ1n) is 7.60. The Morgan fingerprint density at radius 3 is 2.73 bits per heavy atom. The van der Waals surface area contributed by atoms with Crippen molar-refractivity contribution in [1.29, 1.82) is 0 Å². The highest BCUT2D eigenvalue weighted by Crippen LogP contribution is 2.24. The van der Waals surface area contributed by atoms with Gasteiger partial charge in [-0.05, 0) is 36.6 Å². The normalized spacial score (nSPS) is 16.7. The van der Waals surface area contributed by atoms with Gasteiger partial charge in [0.25, 0.3) is 0 Å². The molecule has 0 saturated carbocycles. The van der Waals surface area contributed by atoms with Crippen LogP contribution >= 0.6 is 0 Å². The van der Waals surface area contributed by atoms with Crippen LogP contribution in [0.5, 0.6) is 5.75 Å². The average molecular weight is 296 g/mol. The number of fused-ring (bicyclic) bond motifs is 1. The number of anilines is 1. The van der Waals surface area contributed by atoms with E-state index in [1.165, 1.54) is 11.1 Å². The molecule has 114 valence electrons. The van der Waals surface area contributed by atoms with E-state index in [0.717, 1.165) is 12.2 Å². The molecule has 0 aliphatic carbocycles. The molecule has 0 aromatic heterocycles. The molecule has 0 bridgehead atoms. The van der Waals surface area contributed by atoms with E-state index in [0.29, 0.717) is 18.8 Å². The Hall–Kier alpha value is -2.33. The van der Waals surface area contributed by atoms with Crippen molar-refractivity contribution < 1.29 is 9.53 Å². The molecule has 1 heterocycles. The molecule has 1 aliphatic rings. The summed E-state index contributed by atoms with van der Waals surface area (Å²) in [4.78, 5) is 12.5. The number of ether oxygens (including phenoxy) is 1. The predicted octanol–water partition coefficient (Wildman–Crippen LogP) is 2.74. The van der Waals surface area contributed by atoms with Crippen molar-refractivity contribution >= 4 is 11.6 Å². The van der Waals surface area contributed by atoms with E-state index < -0.39 is 0 Å².